The standard InChI is InChI=1S/C30H28F3N3O4/c1-19-15-23(13-14-25(19)35(2)17-20-7-9-22(10-8-20)29(37)38)39-18-27-24(21-11-12-21)16-34-36(27)26-5-3-4-6-28(26)40-30(31,32)33/h3-10,13-16,21H,11-12,17-18H2,1-2H3,(H,37,38). The smallest absolute Gasteiger partial charge is 0.487 e. The van der Waals surface area contributed by atoms with Crippen molar-refractivity contribution in [1.82, 2.24) is 9.78 Å². The number of aromatic carboxylic acids is 1. The summed E-state index contributed by atoms with van der Waals surface area (Å²) in [5.74, 6) is -0.361. The quantitative estimate of drug-likeness (QED) is 0.232. The maximum absolute atomic E-state index is 13.0. The Morgan fingerprint density at radius 3 is 2.48 bits per heavy atom. The molecule has 1 saturated carbocycles. The number of carbonyl (C=O) groups is 1. The van der Waals surface area contributed by atoms with Crippen molar-refractivity contribution >= 4 is 11.7 Å². The van der Waals surface area contributed by atoms with Gasteiger partial charge < -0.3 is 19.5 Å². The Bertz CT molecular complexity index is 1510. The van der Waals surface area contributed by atoms with Crippen molar-refractivity contribution in [2.45, 2.75) is 45.2 Å². The molecule has 0 saturated heterocycles. The fourth-order valence-electron chi connectivity index (χ4n) is 4.73. The first-order valence-corrected chi connectivity index (χ1v) is 12.8. The summed E-state index contributed by atoms with van der Waals surface area (Å²) in [4.78, 5) is 13.2. The molecule has 0 spiro atoms. The van der Waals surface area contributed by atoms with Crippen LogP contribution in [0.4, 0.5) is 18.9 Å². The summed E-state index contributed by atoms with van der Waals surface area (Å²) in [6.45, 7) is 2.68. The Balaban J connectivity index is 1.33. The summed E-state index contributed by atoms with van der Waals surface area (Å²) in [6.07, 6.45) is -1.13. The largest absolute Gasteiger partial charge is 0.573 e. The van der Waals surface area contributed by atoms with E-state index >= 15 is 0 Å². The van der Waals surface area contributed by atoms with Crippen LogP contribution >= 0.6 is 0 Å². The summed E-state index contributed by atoms with van der Waals surface area (Å²) in [5.41, 5.74) is 5.01. The molecule has 7 nitrogen and oxygen atoms in total. The maximum atomic E-state index is 13.0. The predicted molar refractivity (Wildman–Crippen MR) is 143 cm³/mol. The number of alkyl halides is 3. The van der Waals surface area contributed by atoms with Gasteiger partial charge in [-0.25, -0.2) is 9.48 Å². The minimum absolute atomic E-state index is 0.122. The highest BCUT2D eigenvalue weighted by Crippen LogP contribution is 2.43. The van der Waals surface area contributed by atoms with Crippen molar-refractivity contribution < 1.29 is 32.5 Å². The third-order valence-electron chi connectivity index (χ3n) is 6.81. The molecule has 1 aliphatic carbocycles. The van der Waals surface area contributed by atoms with Gasteiger partial charge in [-0.2, -0.15) is 5.10 Å². The minimum atomic E-state index is -4.83. The number of anilines is 1. The lowest BCUT2D eigenvalue weighted by atomic mass is 10.1. The first kappa shape index (κ1) is 27.1. The molecule has 40 heavy (non-hydrogen) atoms. The van der Waals surface area contributed by atoms with E-state index in [0.29, 0.717) is 23.9 Å². The van der Waals surface area contributed by atoms with E-state index in [1.807, 2.05) is 32.2 Å². The minimum Gasteiger partial charge on any atom is -0.487 e. The zero-order valence-electron chi connectivity index (χ0n) is 22.0. The number of rotatable bonds is 10. The molecule has 0 amide bonds. The van der Waals surface area contributed by atoms with Crippen molar-refractivity contribution in [3.8, 4) is 17.2 Å². The number of aromatic nitrogens is 2. The fraction of sp³-hybridized carbons (Fsp3) is 0.267. The lowest BCUT2D eigenvalue weighted by Gasteiger charge is -2.22. The molecule has 1 aromatic heterocycles. The van der Waals surface area contributed by atoms with Crippen molar-refractivity contribution in [2.75, 3.05) is 11.9 Å². The lowest BCUT2D eigenvalue weighted by Crippen LogP contribution is -2.19. The molecule has 0 atom stereocenters. The average Bonchev–Trinajstić information content (AvgIpc) is 3.66. The van der Waals surface area contributed by atoms with E-state index in [-0.39, 0.29) is 23.6 Å². The van der Waals surface area contributed by atoms with Gasteiger partial charge in [-0.1, -0.05) is 24.3 Å². The third-order valence-corrected chi connectivity index (χ3v) is 6.81. The number of hydrogen-bond acceptors (Lipinski definition) is 5. The molecule has 1 N–H and O–H groups in total. The number of hydrogen-bond donors (Lipinski definition) is 1. The average molecular weight is 552 g/mol. The number of carboxylic acid groups (broad SMARTS) is 1. The highest BCUT2D eigenvalue weighted by Gasteiger charge is 2.34. The Labute approximate surface area is 229 Å². The van der Waals surface area contributed by atoms with Gasteiger partial charge in [0.2, 0.25) is 0 Å². The van der Waals surface area contributed by atoms with Gasteiger partial charge in [0.15, 0.2) is 5.75 Å². The van der Waals surface area contributed by atoms with Crippen molar-refractivity contribution in [3.05, 3.63) is 101 Å². The zero-order chi connectivity index (χ0) is 28.4. The topological polar surface area (TPSA) is 76.8 Å². The number of carboxylic acids is 1. The molecular formula is C30H28F3N3O4. The number of aryl methyl sites for hydroxylation is 1. The number of para-hydroxylation sites is 2. The van der Waals surface area contributed by atoms with Crippen LogP contribution in [0.1, 0.15) is 51.5 Å². The fourth-order valence-corrected chi connectivity index (χ4v) is 4.73. The molecule has 4 aromatic rings. The molecule has 10 heteroatoms. The van der Waals surface area contributed by atoms with Crippen LogP contribution in [0.15, 0.2) is 72.9 Å². The van der Waals surface area contributed by atoms with Gasteiger partial charge >= 0.3 is 12.3 Å². The Morgan fingerprint density at radius 2 is 1.82 bits per heavy atom. The van der Waals surface area contributed by atoms with Gasteiger partial charge in [0, 0.05) is 24.8 Å². The van der Waals surface area contributed by atoms with E-state index in [1.165, 1.54) is 22.9 Å². The summed E-state index contributed by atoms with van der Waals surface area (Å²) in [6, 6.07) is 18.4. The summed E-state index contributed by atoms with van der Waals surface area (Å²) >= 11 is 0. The Kier molecular flexibility index (Phi) is 7.42. The molecule has 3 aromatic carbocycles. The van der Waals surface area contributed by atoms with Crippen molar-refractivity contribution in [2.24, 2.45) is 0 Å². The highest BCUT2D eigenvalue weighted by molar-refractivity contribution is 5.87. The van der Waals surface area contributed by atoms with Crippen molar-refractivity contribution in [1.29, 1.82) is 0 Å². The Morgan fingerprint density at radius 1 is 1.10 bits per heavy atom. The summed E-state index contributed by atoms with van der Waals surface area (Å²) < 4.78 is 51.0. The zero-order valence-corrected chi connectivity index (χ0v) is 22.0. The van der Waals surface area contributed by atoms with Crippen LogP contribution in [-0.2, 0) is 13.2 Å². The number of ether oxygens (including phenoxy) is 2. The van der Waals surface area contributed by atoms with Crippen LogP contribution < -0.4 is 14.4 Å². The van der Waals surface area contributed by atoms with Gasteiger partial charge in [0.1, 0.15) is 18.0 Å². The van der Waals surface area contributed by atoms with E-state index in [1.54, 1.807) is 36.5 Å². The Hall–Kier alpha value is -4.47. The van der Waals surface area contributed by atoms with Crippen LogP contribution in [-0.4, -0.2) is 34.3 Å². The molecule has 0 radical (unpaired) electrons. The molecule has 0 unspecified atom stereocenters. The summed E-state index contributed by atoms with van der Waals surface area (Å²) in [7, 11) is 1.95. The van der Waals surface area contributed by atoms with E-state index < -0.39 is 12.3 Å². The maximum Gasteiger partial charge on any atom is 0.573 e. The van der Waals surface area contributed by atoms with Crippen LogP contribution in [0.3, 0.4) is 0 Å². The predicted octanol–water partition coefficient (Wildman–Crippen LogP) is 6.87. The van der Waals surface area contributed by atoms with Gasteiger partial charge in [-0.3, -0.25) is 0 Å². The number of nitrogens with zero attached hydrogens (tertiary/aromatic N) is 3. The van der Waals surface area contributed by atoms with Gasteiger partial charge in [-0.05, 0) is 79.3 Å². The first-order valence-electron chi connectivity index (χ1n) is 12.8. The van der Waals surface area contributed by atoms with Gasteiger partial charge in [0.05, 0.1) is 17.5 Å². The monoisotopic (exact) mass is 551 g/mol. The molecule has 5 rings (SSSR count). The normalized spacial score (nSPS) is 13.2. The molecule has 1 fully saturated rings. The van der Waals surface area contributed by atoms with Crippen molar-refractivity contribution in [3.63, 3.8) is 0 Å². The molecular weight excluding hydrogens is 523 g/mol. The van der Waals surface area contributed by atoms with E-state index in [0.717, 1.165) is 35.2 Å². The second-order valence-electron chi connectivity index (χ2n) is 9.84. The second-order valence-corrected chi connectivity index (χ2v) is 9.84. The second kappa shape index (κ2) is 11.0. The molecule has 1 heterocycles. The van der Waals surface area contributed by atoms with Gasteiger partial charge in [0.25, 0.3) is 0 Å². The van der Waals surface area contributed by atoms with Crippen LogP contribution in [0.5, 0.6) is 11.5 Å². The number of benzene rings is 3. The summed E-state index contributed by atoms with van der Waals surface area (Å²) in [5, 5.41) is 13.5. The lowest BCUT2D eigenvalue weighted by molar-refractivity contribution is -0.274. The molecule has 0 bridgehead atoms. The molecule has 0 aliphatic heterocycles. The van der Waals surface area contributed by atoms with Gasteiger partial charge in [-0.15, -0.1) is 13.2 Å². The van der Waals surface area contributed by atoms with Crippen LogP contribution in [0, 0.1) is 6.92 Å². The highest BCUT2D eigenvalue weighted by atomic mass is 19.4. The van der Waals surface area contributed by atoms with Crippen LogP contribution in [0.2, 0.25) is 0 Å². The van der Waals surface area contributed by atoms with E-state index in [4.69, 9.17) is 9.84 Å². The van der Waals surface area contributed by atoms with Crippen LogP contribution in [0.25, 0.3) is 5.69 Å². The van der Waals surface area contributed by atoms with E-state index in [2.05, 4.69) is 14.7 Å². The molecule has 208 valence electrons. The SMILES string of the molecule is Cc1cc(OCc2c(C3CC3)cnn2-c2ccccc2OC(F)(F)F)ccc1N(C)Cc1ccc(C(=O)O)cc1. The number of halogens is 3. The first-order chi connectivity index (χ1) is 19.1. The third kappa shape index (κ3) is 6.22. The van der Waals surface area contributed by atoms with E-state index in [9.17, 15) is 18.0 Å². The molecule has 1 aliphatic rings.